The summed E-state index contributed by atoms with van der Waals surface area (Å²) in [6, 6.07) is 28.0. The van der Waals surface area contributed by atoms with Gasteiger partial charge in [-0.1, -0.05) is 192 Å². The van der Waals surface area contributed by atoms with Crippen LogP contribution in [0.1, 0.15) is 203 Å². The van der Waals surface area contributed by atoms with Crippen LogP contribution in [0, 0.1) is 0 Å². The van der Waals surface area contributed by atoms with Gasteiger partial charge in [0.05, 0.1) is 5.45 Å². The second kappa shape index (κ2) is 18.8. The summed E-state index contributed by atoms with van der Waals surface area (Å²) < 4.78 is 10.5. The minimum absolute atomic E-state index is 0.261. The first-order valence-corrected chi connectivity index (χ1v) is 26.2. The lowest BCUT2D eigenvalue weighted by molar-refractivity contribution is -0.577. The van der Waals surface area contributed by atoms with Crippen LogP contribution in [0.25, 0.3) is 22.7 Å². The van der Waals surface area contributed by atoms with Crippen LogP contribution < -0.4 is 20.0 Å². The van der Waals surface area contributed by atoms with Gasteiger partial charge in [0.15, 0.2) is 0 Å². The maximum Gasteiger partial charge on any atom is 0.209 e. The number of nitrogens with zero attached hydrogens (tertiary/aromatic N) is 4. The molecule has 2 heterocycles. The standard InChI is InChI=1S/C54H73N4Si2/c1-33(2)41-21-17-22-42(34(3)4)49(41)55-29-30-56(50-43(35(5)6)23-18-24-44(50)36(7)8)53(55)59-60-54-57(51-45(37(9)10)25-19-26-46(51)38(11)12)31-32-58(54)52-47(39(13)14)27-20-28-48(52)40(15)16/h17-40,59H,1-16H3/q+1. The van der Waals surface area contributed by atoms with E-state index in [0.29, 0.717) is 56.0 Å². The number of benzene rings is 4. The van der Waals surface area contributed by atoms with Crippen molar-refractivity contribution in [2.75, 3.05) is 0 Å². The van der Waals surface area contributed by atoms with Crippen molar-refractivity contribution < 1.29 is 9.13 Å². The average molecular weight is 834 g/mol. The lowest BCUT2D eigenvalue weighted by atomic mass is 9.92. The molecule has 0 amide bonds. The predicted molar refractivity (Wildman–Crippen MR) is 259 cm³/mol. The summed E-state index contributed by atoms with van der Waals surface area (Å²) in [7, 11) is 0.286. The van der Waals surface area contributed by atoms with Gasteiger partial charge < -0.3 is 0 Å². The molecule has 0 unspecified atom stereocenters. The molecule has 0 bridgehead atoms. The van der Waals surface area contributed by atoms with E-state index in [2.05, 4.69) is 227 Å². The van der Waals surface area contributed by atoms with E-state index in [0.717, 1.165) is 0 Å². The molecule has 60 heavy (non-hydrogen) atoms. The summed E-state index contributed by atoms with van der Waals surface area (Å²) in [5.41, 5.74) is 19.5. The van der Waals surface area contributed by atoms with Crippen LogP contribution >= 0.6 is 0 Å². The van der Waals surface area contributed by atoms with Gasteiger partial charge in [-0.3, -0.25) is 8.61 Å². The molecule has 2 aromatic heterocycles. The molecule has 4 nitrogen and oxygen atoms in total. The Morgan fingerprint density at radius 1 is 0.383 bits per heavy atom. The van der Waals surface area contributed by atoms with Gasteiger partial charge in [0.25, 0.3) is 0 Å². The van der Waals surface area contributed by atoms with Crippen LogP contribution in [0.5, 0.6) is 0 Å². The fourth-order valence-electron chi connectivity index (χ4n) is 9.10. The zero-order valence-corrected chi connectivity index (χ0v) is 41.9. The molecule has 0 N–H and O–H groups in total. The molecule has 0 fully saturated rings. The number of para-hydroxylation sites is 4. The molecule has 0 aliphatic rings. The van der Waals surface area contributed by atoms with Crippen molar-refractivity contribution in [2.24, 2.45) is 0 Å². The highest BCUT2D eigenvalue weighted by Gasteiger charge is 2.29. The molecule has 6 aromatic rings. The molecule has 4 aromatic carbocycles. The van der Waals surface area contributed by atoms with Gasteiger partial charge in [-0.05, 0) is 47.3 Å². The first kappa shape index (κ1) is 45.3. The molecule has 0 radical (unpaired) electrons. The van der Waals surface area contributed by atoms with E-state index < -0.39 is 0 Å². The Bertz CT molecular complexity index is 2030. The van der Waals surface area contributed by atoms with E-state index in [4.69, 9.17) is 0 Å². The Balaban J connectivity index is 1.80. The molecule has 316 valence electrons. The maximum absolute atomic E-state index is 2.62. The van der Waals surface area contributed by atoms with Crippen LogP contribution in [0.15, 0.2) is 97.6 Å². The van der Waals surface area contributed by atoms with Crippen LogP contribution in [0.4, 0.5) is 0 Å². The number of hydrogen-bond donors (Lipinski definition) is 0. The van der Waals surface area contributed by atoms with Crippen molar-refractivity contribution in [2.45, 2.75) is 158 Å². The first-order chi connectivity index (χ1) is 28.5. The predicted octanol–water partition coefficient (Wildman–Crippen LogP) is 11.8. The SMILES string of the molecule is CC(C)c1cccc(C(C)C)c1-n1cc[n+](-c2c(C(C)C)cccc2C(C)C)c1[Si-]=[SiH]c1n(-c2c(C(C)C)cccc2C(C)C)cc[n+]1-c1c(C(C)C)cccc1C(C)C. The molecule has 0 saturated carbocycles. The van der Waals surface area contributed by atoms with Gasteiger partial charge in [-0.15, -0.1) is 0 Å². The monoisotopic (exact) mass is 834 g/mol. The first-order valence-electron chi connectivity index (χ1n) is 22.8. The second-order valence-corrected chi connectivity index (χ2v) is 22.7. The third-order valence-corrected chi connectivity index (χ3v) is 16.0. The Labute approximate surface area is 367 Å². The molecular weight excluding hydrogens is 761 g/mol. The molecule has 0 saturated heterocycles. The minimum Gasteiger partial charge on any atom is -0.299 e. The molecule has 0 aliphatic heterocycles. The van der Waals surface area contributed by atoms with E-state index in [9.17, 15) is 0 Å². The fraction of sp³-hybridized carbons (Fsp3) is 0.444. The largest absolute Gasteiger partial charge is 0.299 e. The van der Waals surface area contributed by atoms with Gasteiger partial charge in [0.1, 0.15) is 47.5 Å². The molecular formula is C54H73N4Si2+. The van der Waals surface area contributed by atoms with E-state index in [1.165, 1.54) is 78.2 Å². The summed E-state index contributed by atoms with van der Waals surface area (Å²) in [6.07, 6.45) is 9.56. The van der Waals surface area contributed by atoms with Gasteiger partial charge in [-0.25, -0.2) is 18.3 Å². The van der Waals surface area contributed by atoms with Crippen molar-refractivity contribution in [1.29, 1.82) is 0 Å². The third kappa shape index (κ3) is 8.74. The molecule has 6 heteroatoms. The van der Waals surface area contributed by atoms with Crippen LogP contribution in [0.3, 0.4) is 0 Å². The Kier molecular flexibility index (Phi) is 14.2. The fourth-order valence-corrected chi connectivity index (χ4v) is 13.2. The second-order valence-electron chi connectivity index (χ2n) is 19.4. The van der Waals surface area contributed by atoms with Crippen molar-refractivity contribution in [3.8, 4) is 22.7 Å². The maximum atomic E-state index is 2.62. The zero-order chi connectivity index (χ0) is 43.7. The van der Waals surface area contributed by atoms with Gasteiger partial charge in [-0.2, -0.15) is 0 Å². The summed E-state index contributed by atoms with van der Waals surface area (Å²) in [5.74, 6) is 3.09. The van der Waals surface area contributed by atoms with E-state index >= 15 is 0 Å². The smallest absolute Gasteiger partial charge is 0.209 e. The van der Waals surface area contributed by atoms with E-state index in [-0.39, 0.29) is 8.61 Å². The number of imidazole rings is 2. The average Bonchev–Trinajstić information content (AvgIpc) is 3.82. The lowest BCUT2D eigenvalue weighted by Crippen LogP contribution is -2.55. The highest BCUT2D eigenvalue weighted by Crippen LogP contribution is 2.34. The summed E-state index contributed by atoms with van der Waals surface area (Å²) in [6.45, 7) is 37.6. The lowest BCUT2D eigenvalue weighted by Gasteiger charge is -2.22. The van der Waals surface area contributed by atoms with E-state index in [1.807, 2.05) is 0 Å². The topological polar surface area (TPSA) is 17.6 Å². The third-order valence-electron chi connectivity index (χ3n) is 12.3. The van der Waals surface area contributed by atoms with Crippen molar-refractivity contribution in [1.82, 2.24) is 9.13 Å². The normalized spacial score (nSPS) is 12.5. The summed E-state index contributed by atoms with van der Waals surface area (Å²) >= 11 is 0. The molecule has 0 spiro atoms. The zero-order valence-electron chi connectivity index (χ0n) is 39.7. The molecule has 6 rings (SSSR count). The van der Waals surface area contributed by atoms with Gasteiger partial charge in [0.2, 0.25) is 5.45 Å². The summed E-state index contributed by atoms with van der Waals surface area (Å²) in [5, 5.41) is 0. The van der Waals surface area contributed by atoms with Crippen LogP contribution in [-0.2, 0) is 0 Å². The Hall–Kier alpha value is -4.27. The quantitative estimate of drug-likeness (QED) is 0.0769. The number of hydrogen-bond acceptors (Lipinski definition) is 0. The minimum atomic E-state index is -0.261. The highest BCUT2D eigenvalue weighted by molar-refractivity contribution is 6.86. The van der Waals surface area contributed by atoms with E-state index in [1.54, 1.807) is 0 Å². The van der Waals surface area contributed by atoms with Crippen LogP contribution in [0.2, 0.25) is 0 Å². The van der Waals surface area contributed by atoms with Gasteiger partial charge >= 0.3 is 0 Å². The van der Waals surface area contributed by atoms with Crippen molar-refractivity contribution in [3.63, 3.8) is 0 Å². The van der Waals surface area contributed by atoms with Gasteiger partial charge in [0, 0.05) is 44.5 Å². The Morgan fingerprint density at radius 3 is 1.02 bits per heavy atom. The number of aromatic nitrogens is 4. The highest BCUT2D eigenvalue weighted by atomic mass is 28.9. The van der Waals surface area contributed by atoms with Crippen LogP contribution in [-0.4, -0.2) is 26.4 Å². The van der Waals surface area contributed by atoms with Crippen molar-refractivity contribution >= 4 is 28.1 Å². The molecule has 0 aliphatic carbocycles. The number of rotatable bonds is 14. The van der Waals surface area contributed by atoms with Crippen molar-refractivity contribution in [3.05, 3.63) is 142 Å². The Morgan fingerprint density at radius 2 is 0.667 bits per heavy atom. The molecule has 0 atom stereocenters. The summed E-state index contributed by atoms with van der Waals surface area (Å²) in [4.78, 5) is 0.